The monoisotopic (exact) mass is 297 g/mol. The zero-order valence-corrected chi connectivity index (χ0v) is 11.8. The van der Waals surface area contributed by atoms with Crippen LogP contribution in [0.15, 0.2) is 18.2 Å². The quantitative estimate of drug-likeness (QED) is 0.776. The highest BCUT2D eigenvalue weighted by molar-refractivity contribution is 6.30. The predicted molar refractivity (Wildman–Crippen MR) is 72.7 cm³/mol. The van der Waals surface area contributed by atoms with E-state index < -0.39 is 0 Å². The second-order valence-electron chi connectivity index (χ2n) is 3.99. The van der Waals surface area contributed by atoms with Crippen LogP contribution < -0.4 is 5.32 Å². The minimum atomic E-state index is -0.352. The maximum atomic E-state index is 13.5. The van der Waals surface area contributed by atoms with Crippen molar-refractivity contribution in [1.29, 1.82) is 0 Å². The van der Waals surface area contributed by atoms with Gasteiger partial charge in [0.15, 0.2) is 0 Å². The van der Waals surface area contributed by atoms with E-state index in [1.165, 1.54) is 6.07 Å². The molecule has 17 heavy (non-hydrogen) atoms. The first-order valence-electron chi connectivity index (χ1n) is 5.38. The molecule has 0 aromatic heterocycles. The second kappa shape index (κ2) is 6.79. The summed E-state index contributed by atoms with van der Waals surface area (Å²) in [6, 6.07) is 4.62. The maximum absolute atomic E-state index is 13.5. The van der Waals surface area contributed by atoms with Crippen LogP contribution in [0.1, 0.15) is 18.9 Å². The van der Waals surface area contributed by atoms with Crippen LogP contribution in [0, 0.1) is 5.82 Å². The number of alkyl halides is 2. The third-order valence-corrected chi connectivity index (χ3v) is 4.12. The normalized spacial score (nSPS) is 11.8. The number of rotatable bonds is 6. The first kappa shape index (κ1) is 15.0. The van der Waals surface area contributed by atoms with Gasteiger partial charge in [-0.25, -0.2) is 4.39 Å². The summed E-state index contributed by atoms with van der Waals surface area (Å²) in [5.41, 5.74) is 0.206. The van der Waals surface area contributed by atoms with E-state index in [9.17, 15) is 4.39 Å². The fourth-order valence-corrected chi connectivity index (χ4v) is 2.40. The molecule has 5 heteroatoms. The molecule has 0 amide bonds. The lowest BCUT2D eigenvalue weighted by molar-refractivity contribution is 0.381. The average Bonchev–Trinajstić information content (AvgIpc) is 2.33. The molecular weight excluding hydrogens is 283 g/mol. The van der Waals surface area contributed by atoms with Crippen molar-refractivity contribution in [3.05, 3.63) is 34.6 Å². The molecule has 0 unspecified atom stereocenters. The summed E-state index contributed by atoms with van der Waals surface area (Å²) in [6.45, 7) is 2.38. The topological polar surface area (TPSA) is 12.0 Å². The molecule has 0 aliphatic rings. The summed E-state index contributed by atoms with van der Waals surface area (Å²) in [4.78, 5) is 0. The lowest BCUT2D eigenvalue weighted by atomic mass is 10.0. The van der Waals surface area contributed by atoms with Crippen LogP contribution in [-0.4, -0.2) is 17.3 Å². The zero-order chi connectivity index (χ0) is 12.9. The number of hydrogen-bond donors (Lipinski definition) is 1. The third-order valence-electron chi connectivity index (χ3n) is 2.86. The van der Waals surface area contributed by atoms with Crippen molar-refractivity contribution in [3.63, 3.8) is 0 Å². The Bertz CT molecular complexity index is 359. The van der Waals surface area contributed by atoms with E-state index in [0.29, 0.717) is 28.9 Å². The SMILES string of the molecule is CCC(CCl)(CCl)NCc1ccc(Cl)cc1F. The number of benzene rings is 1. The van der Waals surface area contributed by atoms with Crippen molar-refractivity contribution in [1.82, 2.24) is 5.32 Å². The zero-order valence-electron chi connectivity index (χ0n) is 9.57. The van der Waals surface area contributed by atoms with Crippen molar-refractivity contribution < 1.29 is 4.39 Å². The van der Waals surface area contributed by atoms with Crippen LogP contribution in [-0.2, 0) is 6.54 Å². The van der Waals surface area contributed by atoms with E-state index >= 15 is 0 Å². The minimum Gasteiger partial charge on any atom is -0.305 e. The van der Waals surface area contributed by atoms with Gasteiger partial charge in [0, 0.05) is 34.4 Å². The average molecular weight is 299 g/mol. The van der Waals surface area contributed by atoms with Crippen molar-refractivity contribution in [3.8, 4) is 0 Å². The first-order chi connectivity index (χ1) is 8.06. The van der Waals surface area contributed by atoms with E-state index in [1.807, 2.05) is 6.92 Å². The Morgan fingerprint density at radius 3 is 2.41 bits per heavy atom. The molecule has 1 N–H and O–H groups in total. The molecule has 0 saturated heterocycles. The summed E-state index contributed by atoms with van der Waals surface area (Å²) < 4.78 is 13.5. The van der Waals surface area contributed by atoms with E-state index in [4.69, 9.17) is 34.8 Å². The van der Waals surface area contributed by atoms with Gasteiger partial charge in [0.05, 0.1) is 0 Å². The largest absolute Gasteiger partial charge is 0.305 e. The fraction of sp³-hybridized carbons (Fsp3) is 0.500. The lowest BCUT2D eigenvalue weighted by Gasteiger charge is -2.29. The number of hydrogen-bond acceptors (Lipinski definition) is 1. The summed E-state index contributed by atoms with van der Waals surface area (Å²) in [5, 5.41) is 3.60. The Labute approximate surface area is 116 Å². The molecule has 0 bridgehead atoms. The van der Waals surface area contributed by atoms with Gasteiger partial charge in [-0.15, -0.1) is 23.2 Å². The highest BCUT2D eigenvalue weighted by Gasteiger charge is 2.25. The van der Waals surface area contributed by atoms with Gasteiger partial charge in [0.2, 0.25) is 0 Å². The Balaban J connectivity index is 2.72. The Morgan fingerprint density at radius 2 is 1.94 bits per heavy atom. The summed E-state index contributed by atoms with van der Waals surface area (Å²) >= 11 is 17.5. The van der Waals surface area contributed by atoms with Crippen molar-refractivity contribution >= 4 is 34.8 Å². The maximum Gasteiger partial charge on any atom is 0.129 e. The highest BCUT2D eigenvalue weighted by Crippen LogP contribution is 2.18. The lowest BCUT2D eigenvalue weighted by Crippen LogP contribution is -2.48. The van der Waals surface area contributed by atoms with Gasteiger partial charge in [-0.1, -0.05) is 24.6 Å². The van der Waals surface area contributed by atoms with Gasteiger partial charge >= 0.3 is 0 Å². The molecule has 0 aliphatic heterocycles. The molecule has 0 saturated carbocycles. The predicted octanol–water partition coefficient (Wildman–Crippen LogP) is 4.20. The van der Waals surface area contributed by atoms with Crippen LogP contribution in [0.2, 0.25) is 5.02 Å². The standard InChI is InChI=1S/C12H15Cl3FN/c1-2-12(7-13,8-14)17-6-9-3-4-10(15)5-11(9)16/h3-5,17H,2,6-8H2,1H3. The van der Waals surface area contributed by atoms with Gasteiger partial charge in [0.25, 0.3) is 0 Å². The number of nitrogens with one attached hydrogen (secondary N) is 1. The van der Waals surface area contributed by atoms with Crippen molar-refractivity contribution in [2.75, 3.05) is 11.8 Å². The fourth-order valence-electron chi connectivity index (χ4n) is 1.39. The van der Waals surface area contributed by atoms with Gasteiger partial charge < -0.3 is 5.32 Å². The molecule has 0 heterocycles. The van der Waals surface area contributed by atoms with E-state index in [1.54, 1.807) is 12.1 Å². The van der Waals surface area contributed by atoms with Gasteiger partial charge in [-0.3, -0.25) is 0 Å². The second-order valence-corrected chi connectivity index (χ2v) is 4.96. The molecule has 0 fully saturated rings. The van der Waals surface area contributed by atoms with Crippen molar-refractivity contribution in [2.45, 2.75) is 25.4 Å². The highest BCUT2D eigenvalue weighted by atomic mass is 35.5. The molecule has 1 aromatic rings. The van der Waals surface area contributed by atoms with E-state index in [2.05, 4.69) is 5.32 Å². The van der Waals surface area contributed by atoms with Crippen molar-refractivity contribution in [2.24, 2.45) is 0 Å². The Kier molecular flexibility index (Phi) is 6.01. The van der Waals surface area contributed by atoms with Crippen LogP contribution in [0.4, 0.5) is 4.39 Å². The van der Waals surface area contributed by atoms with Crippen LogP contribution in [0.3, 0.4) is 0 Å². The van der Waals surface area contributed by atoms with E-state index in [0.717, 1.165) is 6.42 Å². The molecule has 0 radical (unpaired) electrons. The van der Waals surface area contributed by atoms with Crippen LogP contribution >= 0.6 is 34.8 Å². The molecule has 1 rings (SSSR count). The molecule has 0 atom stereocenters. The van der Waals surface area contributed by atoms with Gasteiger partial charge in [0.1, 0.15) is 5.82 Å². The van der Waals surface area contributed by atoms with Crippen LogP contribution in [0.5, 0.6) is 0 Å². The summed E-state index contributed by atoms with van der Waals surface area (Å²) in [6.07, 6.45) is 0.787. The Hall–Kier alpha value is -0.0200. The molecule has 0 aliphatic carbocycles. The third kappa shape index (κ3) is 3.99. The molecular formula is C12H15Cl3FN. The molecule has 1 nitrogen and oxygen atoms in total. The number of halogens is 4. The Morgan fingerprint density at radius 1 is 1.29 bits per heavy atom. The minimum absolute atomic E-state index is 0.320. The molecule has 1 aromatic carbocycles. The molecule has 0 spiro atoms. The first-order valence-corrected chi connectivity index (χ1v) is 6.82. The van der Waals surface area contributed by atoms with Gasteiger partial charge in [-0.2, -0.15) is 0 Å². The summed E-state index contributed by atoms with van der Waals surface area (Å²) in [7, 11) is 0. The van der Waals surface area contributed by atoms with E-state index in [-0.39, 0.29) is 11.4 Å². The smallest absolute Gasteiger partial charge is 0.129 e. The van der Waals surface area contributed by atoms with Crippen LogP contribution in [0.25, 0.3) is 0 Å². The van der Waals surface area contributed by atoms with Gasteiger partial charge in [-0.05, 0) is 18.6 Å². The molecule has 96 valence electrons. The summed E-state index contributed by atoms with van der Waals surface area (Å²) in [5.74, 6) is 0.462.